The average molecular weight is 288 g/mol. The van der Waals surface area contributed by atoms with Gasteiger partial charge in [0.05, 0.1) is 29.3 Å². The van der Waals surface area contributed by atoms with Gasteiger partial charge in [0.25, 0.3) is 0 Å². The fraction of sp³-hybridized carbons (Fsp3) is 0.786. The third-order valence-electron chi connectivity index (χ3n) is 3.96. The van der Waals surface area contributed by atoms with Gasteiger partial charge in [-0.05, 0) is 31.1 Å². The smallest absolute Gasteiger partial charge is 0.0951 e. The van der Waals surface area contributed by atoms with Gasteiger partial charge in [-0.1, -0.05) is 13.8 Å². The second-order valence-corrected chi connectivity index (χ2v) is 6.59. The Morgan fingerprint density at radius 1 is 1.39 bits per heavy atom. The SMILES string of the molecule is CC1CCC(OCCc2nc(CCl)cs2)CC1C. The fourth-order valence-corrected chi connectivity index (χ4v) is 3.50. The molecule has 0 N–H and O–H groups in total. The molecule has 102 valence electrons. The monoisotopic (exact) mass is 287 g/mol. The first-order chi connectivity index (χ1) is 8.69. The normalized spacial score (nSPS) is 28.5. The molecule has 0 aromatic carbocycles. The van der Waals surface area contributed by atoms with E-state index in [4.69, 9.17) is 16.3 Å². The summed E-state index contributed by atoms with van der Waals surface area (Å²) in [7, 11) is 0. The Morgan fingerprint density at radius 2 is 2.22 bits per heavy atom. The number of thiazole rings is 1. The molecular weight excluding hydrogens is 266 g/mol. The van der Waals surface area contributed by atoms with Crippen LogP contribution in [0.1, 0.15) is 43.8 Å². The summed E-state index contributed by atoms with van der Waals surface area (Å²) >= 11 is 7.42. The molecule has 0 spiro atoms. The van der Waals surface area contributed by atoms with Crippen LogP contribution in [0.2, 0.25) is 0 Å². The molecule has 1 aliphatic rings. The lowest BCUT2D eigenvalue weighted by Crippen LogP contribution is -2.27. The van der Waals surface area contributed by atoms with Crippen molar-refractivity contribution in [2.45, 2.75) is 51.5 Å². The van der Waals surface area contributed by atoms with Crippen LogP contribution in [0.4, 0.5) is 0 Å². The molecule has 18 heavy (non-hydrogen) atoms. The number of hydrogen-bond donors (Lipinski definition) is 0. The van der Waals surface area contributed by atoms with Gasteiger partial charge in [-0.2, -0.15) is 0 Å². The molecule has 1 saturated carbocycles. The maximum atomic E-state index is 5.98. The van der Waals surface area contributed by atoms with Gasteiger partial charge >= 0.3 is 0 Å². The zero-order valence-electron chi connectivity index (χ0n) is 11.2. The van der Waals surface area contributed by atoms with Gasteiger partial charge in [-0.25, -0.2) is 4.98 Å². The highest BCUT2D eigenvalue weighted by Gasteiger charge is 2.24. The van der Waals surface area contributed by atoms with Crippen molar-refractivity contribution in [2.24, 2.45) is 11.8 Å². The van der Waals surface area contributed by atoms with Crippen molar-refractivity contribution < 1.29 is 4.74 Å². The largest absolute Gasteiger partial charge is 0.378 e. The van der Waals surface area contributed by atoms with Gasteiger partial charge in [0, 0.05) is 11.8 Å². The predicted molar refractivity (Wildman–Crippen MR) is 77.3 cm³/mol. The van der Waals surface area contributed by atoms with Crippen molar-refractivity contribution in [3.8, 4) is 0 Å². The lowest BCUT2D eigenvalue weighted by Gasteiger charge is -2.31. The van der Waals surface area contributed by atoms with Crippen LogP contribution >= 0.6 is 22.9 Å². The van der Waals surface area contributed by atoms with Crippen LogP contribution in [-0.4, -0.2) is 17.7 Å². The highest BCUT2D eigenvalue weighted by Crippen LogP contribution is 2.30. The summed E-state index contributed by atoms with van der Waals surface area (Å²) in [6.45, 7) is 5.49. The Morgan fingerprint density at radius 3 is 2.89 bits per heavy atom. The molecule has 1 fully saturated rings. The van der Waals surface area contributed by atoms with E-state index in [0.717, 1.165) is 35.6 Å². The Labute approximate surface area is 119 Å². The summed E-state index contributed by atoms with van der Waals surface area (Å²) in [5, 5.41) is 3.18. The van der Waals surface area contributed by atoms with Crippen LogP contribution in [0.5, 0.6) is 0 Å². The quantitative estimate of drug-likeness (QED) is 0.755. The molecule has 3 unspecified atom stereocenters. The van der Waals surface area contributed by atoms with E-state index >= 15 is 0 Å². The van der Waals surface area contributed by atoms with Gasteiger partial charge in [0.2, 0.25) is 0 Å². The second-order valence-electron chi connectivity index (χ2n) is 5.38. The van der Waals surface area contributed by atoms with Crippen molar-refractivity contribution in [3.63, 3.8) is 0 Å². The minimum Gasteiger partial charge on any atom is -0.378 e. The molecule has 4 heteroatoms. The molecule has 1 aromatic heterocycles. The molecule has 3 atom stereocenters. The number of halogens is 1. The highest BCUT2D eigenvalue weighted by molar-refractivity contribution is 7.09. The Kier molecular flexibility index (Phi) is 5.46. The summed E-state index contributed by atoms with van der Waals surface area (Å²) < 4.78 is 5.98. The van der Waals surface area contributed by atoms with Crippen LogP contribution in [0.25, 0.3) is 0 Å². The highest BCUT2D eigenvalue weighted by atomic mass is 35.5. The Bertz CT molecular complexity index is 368. The zero-order valence-corrected chi connectivity index (χ0v) is 12.8. The molecule has 0 amide bonds. The lowest BCUT2D eigenvalue weighted by molar-refractivity contribution is 0.00417. The summed E-state index contributed by atoms with van der Waals surface area (Å²) in [4.78, 5) is 4.44. The number of nitrogens with zero attached hydrogens (tertiary/aromatic N) is 1. The first-order valence-electron chi connectivity index (χ1n) is 6.80. The van der Waals surface area contributed by atoms with Crippen molar-refractivity contribution in [1.29, 1.82) is 0 Å². The van der Waals surface area contributed by atoms with E-state index in [1.54, 1.807) is 11.3 Å². The maximum absolute atomic E-state index is 5.98. The van der Waals surface area contributed by atoms with E-state index in [1.807, 2.05) is 5.38 Å². The summed E-state index contributed by atoms with van der Waals surface area (Å²) in [6, 6.07) is 0. The Balaban J connectivity index is 1.69. The van der Waals surface area contributed by atoms with E-state index in [2.05, 4.69) is 18.8 Å². The van der Waals surface area contributed by atoms with E-state index in [0.29, 0.717) is 12.0 Å². The van der Waals surface area contributed by atoms with E-state index in [9.17, 15) is 0 Å². The van der Waals surface area contributed by atoms with Gasteiger partial charge in [0.1, 0.15) is 0 Å². The van der Waals surface area contributed by atoms with Crippen LogP contribution < -0.4 is 0 Å². The Hall–Kier alpha value is -0.120. The van der Waals surface area contributed by atoms with Crippen molar-refractivity contribution in [1.82, 2.24) is 4.98 Å². The van der Waals surface area contributed by atoms with Gasteiger partial charge in [-0.3, -0.25) is 0 Å². The molecule has 0 aliphatic heterocycles. The molecule has 1 aliphatic carbocycles. The van der Waals surface area contributed by atoms with E-state index in [1.165, 1.54) is 19.3 Å². The maximum Gasteiger partial charge on any atom is 0.0951 e. The molecule has 2 nitrogen and oxygen atoms in total. The van der Waals surface area contributed by atoms with Crippen LogP contribution in [0.15, 0.2) is 5.38 Å². The summed E-state index contributed by atoms with van der Waals surface area (Å²) in [6.07, 6.45) is 5.12. The van der Waals surface area contributed by atoms with Gasteiger partial charge < -0.3 is 4.74 Å². The molecule has 0 saturated heterocycles. The van der Waals surface area contributed by atoms with Crippen molar-refractivity contribution >= 4 is 22.9 Å². The third-order valence-corrected chi connectivity index (χ3v) is 5.19. The summed E-state index contributed by atoms with van der Waals surface area (Å²) in [5.74, 6) is 2.16. The number of aromatic nitrogens is 1. The number of hydrogen-bond acceptors (Lipinski definition) is 3. The minimum atomic E-state index is 0.462. The first-order valence-corrected chi connectivity index (χ1v) is 8.21. The van der Waals surface area contributed by atoms with E-state index in [-0.39, 0.29) is 0 Å². The number of rotatable bonds is 5. The topological polar surface area (TPSA) is 22.1 Å². The average Bonchev–Trinajstić information content (AvgIpc) is 2.82. The molecule has 0 bridgehead atoms. The predicted octanol–water partition coefficient (Wildman–Crippen LogP) is 4.27. The molecule has 2 rings (SSSR count). The van der Waals surface area contributed by atoms with Crippen molar-refractivity contribution in [3.05, 3.63) is 16.1 Å². The third kappa shape index (κ3) is 3.94. The van der Waals surface area contributed by atoms with Crippen LogP contribution in [0, 0.1) is 11.8 Å². The van der Waals surface area contributed by atoms with Crippen LogP contribution in [0.3, 0.4) is 0 Å². The van der Waals surface area contributed by atoms with Crippen molar-refractivity contribution in [2.75, 3.05) is 6.61 Å². The number of alkyl halides is 1. The number of ether oxygens (including phenoxy) is 1. The summed E-state index contributed by atoms with van der Waals surface area (Å²) in [5.41, 5.74) is 0.983. The molecule has 1 heterocycles. The first kappa shape index (κ1) is 14.3. The van der Waals surface area contributed by atoms with Gasteiger partial charge in [0.15, 0.2) is 0 Å². The zero-order chi connectivity index (χ0) is 13.0. The lowest BCUT2D eigenvalue weighted by atomic mass is 9.80. The molecular formula is C14H22ClNOS. The van der Waals surface area contributed by atoms with Crippen LogP contribution in [-0.2, 0) is 17.0 Å². The van der Waals surface area contributed by atoms with Gasteiger partial charge in [-0.15, -0.1) is 22.9 Å². The minimum absolute atomic E-state index is 0.462. The second kappa shape index (κ2) is 6.88. The standard InChI is InChI=1S/C14H22ClNOS/c1-10-3-4-13(7-11(10)2)17-6-5-14-16-12(8-15)9-18-14/h9-11,13H,3-8H2,1-2H3. The van der Waals surface area contributed by atoms with E-state index < -0.39 is 0 Å². The fourth-order valence-electron chi connectivity index (χ4n) is 2.49. The molecule has 1 aromatic rings. The molecule has 0 radical (unpaired) electrons.